The molecule has 0 aromatic carbocycles. The topological polar surface area (TPSA) is 72.8 Å². The molecule has 0 radical (unpaired) electrons. The van der Waals surface area contributed by atoms with E-state index < -0.39 is 5.60 Å². The van der Waals surface area contributed by atoms with Crippen LogP contribution in [-0.2, 0) is 19.2 Å². The molecule has 0 heterocycles. The van der Waals surface area contributed by atoms with E-state index in [1.54, 1.807) is 0 Å². The Balaban J connectivity index is 1.63. The van der Waals surface area contributed by atoms with Crippen LogP contribution in [0, 0.1) is 44.3 Å². The van der Waals surface area contributed by atoms with Crippen LogP contribution in [0.15, 0.2) is 11.6 Å². The summed E-state index contributed by atoms with van der Waals surface area (Å²) in [5, 5.41) is 10.7. The zero-order valence-corrected chi connectivity index (χ0v) is 24.8. The SMILES string of the molecule is CC(=O)OC1CCC2(C)C(CCC3(C)C2C(=O)C=C2C3(C)CCC3(C)CCC(C)(C)CC23OO)C1(C)C. The van der Waals surface area contributed by atoms with Crippen molar-refractivity contribution in [2.24, 2.45) is 44.3 Å². The van der Waals surface area contributed by atoms with Gasteiger partial charge in [0.1, 0.15) is 11.7 Å². The van der Waals surface area contributed by atoms with E-state index in [2.05, 4.69) is 55.4 Å². The first-order valence-corrected chi connectivity index (χ1v) is 14.7. The van der Waals surface area contributed by atoms with E-state index in [9.17, 15) is 14.8 Å². The summed E-state index contributed by atoms with van der Waals surface area (Å²) in [7, 11) is 0. The molecule has 8 atom stereocenters. The number of hydrogen-bond donors (Lipinski definition) is 1. The van der Waals surface area contributed by atoms with Gasteiger partial charge >= 0.3 is 5.97 Å². The summed E-state index contributed by atoms with van der Waals surface area (Å²) < 4.78 is 5.83. The molecule has 0 saturated heterocycles. The fourth-order valence-corrected chi connectivity index (χ4v) is 11.0. The van der Waals surface area contributed by atoms with E-state index >= 15 is 0 Å². The van der Waals surface area contributed by atoms with Gasteiger partial charge in [0.2, 0.25) is 0 Å². The van der Waals surface area contributed by atoms with Gasteiger partial charge in [-0.1, -0.05) is 55.4 Å². The van der Waals surface area contributed by atoms with Crippen molar-refractivity contribution in [3.05, 3.63) is 11.6 Å². The Hall–Kier alpha value is -1.20. The van der Waals surface area contributed by atoms with Crippen molar-refractivity contribution in [3.63, 3.8) is 0 Å². The summed E-state index contributed by atoms with van der Waals surface area (Å²) in [4.78, 5) is 32.0. The lowest BCUT2D eigenvalue weighted by Crippen LogP contribution is -2.70. The highest BCUT2D eigenvalue weighted by Crippen LogP contribution is 2.76. The Labute approximate surface area is 224 Å². The first-order valence-electron chi connectivity index (χ1n) is 14.7. The quantitative estimate of drug-likeness (QED) is 0.234. The third-order valence-corrected chi connectivity index (χ3v) is 13.3. The van der Waals surface area contributed by atoms with Gasteiger partial charge in [0.05, 0.1) is 0 Å². The van der Waals surface area contributed by atoms with Crippen molar-refractivity contribution in [3.8, 4) is 0 Å². The summed E-state index contributed by atoms with van der Waals surface area (Å²) >= 11 is 0. The average Bonchev–Trinajstić information content (AvgIpc) is 2.78. The molecule has 0 aromatic rings. The van der Waals surface area contributed by atoms with Crippen LogP contribution in [0.2, 0.25) is 0 Å². The molecule has 4 fully saturated rings. The molecule has 0 amide bonds. The summed E-state index contributed by atoms with van der Waals surface area (Å²) in [5.41, 5.74) is -0.737. The van der Waals surface area contributed by atoms with Gasteiger partial charge in [-0.3, -0.25) is 14.8 Å². The molecule has 5 aliphatic rings. The van der Waals surface area contributed by atoms with Crippen LogP contribution in [-0.4, -0.2) is 28.7 Å². The van der Waals surface area contributed by atoms with Crippen molar-refractivity contribution < 1.29 is 24.5 Å². The standard InChI is InChI=1S/C32H50O5/c1-20(33)36-24-11-12-29(7)22(27(24,4)5)10-13-31(9)25(29)21(34)18-23-30(31,8)17-16-28(6)15-14-26(2,3)19-32(23,28)37-35/h18,22,24-25,35H,10-17,19H2,1-9H3. The Morgan fingerprint density at radius 1 is 0.919 bits per heavy atom. The Morgan fingerprint density at radius 3 is 2.19 bits per heavy atom. The Morgan fingerprint density at radius 2 is 1.57 bits per heavy atom. The molecule has 37 heavy (non-hydrogen) atoms. The molecule has 5 aliphatic carbocycles. The highest BCUT2D eigenvalue weighted by atomic mass is 17.1. The van der Waals surface area contributed by atoms with Crippen molar-refractivity contribution >= 4 is 11.8 Å². The third kappa shape index (κ3) is 3.34. The van der Waals surface area contributed by atoms with Crippen LogP contribution in [0.1, 0.15) is 120 Å². The minimum absolute atomic E-state index is 0.0326. The molecule has 4 saturated carbocycles. The summed E-state index contributed by atoms with van der Waals surface area (Å²) in [6, 6.07) is 0. The first-order chi connectivity index (χ1) is 16.9. The molecule has 5 nitrogen and oxygen atoms in total. The van der Waals surface area contributed by atoms with Gasteiger partial charge in [-0.15, -0.1) is 0 Å². The van der Waals surface area contributed by atoms with Crippen LogP contribution in [0.5, 0.6) is 0 Å². The van der Waals surface area contributed by atoms with Crippen molar-refractivity contribution in [1.82, 2.24) is 0 Å². The summed E-state index contributed by atoms with van der Waals surface area (Å²) in [6.07, 6.45) is 10.3. The smallest absolute Gasteiger partial charge is 0.302 e. The Bertz CT molecular complexity index is 1040. The van der Waals surface area contributed by atoms with E-state index in [1.807, 2.05) is 6.08 Å². The van der Waals surface area contributed by atoms with Crippen LogP contribution in [0.3, 0.4) is 0 Å². The van der Waals surface area contributed by atoms with Crippen molar-refractivity contribution in [1.29, 1.82) is 0 Å². The highest BCUT2D eigenvalue weighted by Gasteiger charge is 2.73. The van der Waals surface area contributed by atoms with Crippen LogP contribution >= 0.6 is 0 Å². The second-order valence-electron chi connectivity index (χ2n) is 16.0. The van der Waals surface area contributed by atoms with E-state index in [-0.39, 0.29) is 56.3 Å². The fourth-order valence-electron chi connectivity index (χ4n) is 11.0. The minimum atomic E-state index is -0.824. The normalized spacial score (nSPS) is 50.1. The van der Waals surface area contributed by atoms with Crippen LogP contribution in [0.25, 0.3) is 0 Å². The van der Waals surface area contributed by atoms with Gasteiger partial charge in [0.15, 0.2) is 5.78 Å². The van der Waals surface area contributed by atoms with Gasteiger partial charge in [0.25, 0.3) is 0 Å². The van der Waals surface area contributed by atoms with Gasteiger partial charge in [-0.25, -0.2) is 4.89 Å². The first kappa shape index (κ1) is 27.4. The molecular formula is C32H50O5. The second-order valence-corrected chi connectivity index (χ2v) is 16.0. The predicted octanol–water partition coefficient (Wildman–Crippen LogP) is 7.53. The third-order valence-electron chi connectivity index (χ3n) is 13.3. The summed E-state index contributed by atoms with van der Waals surface area (Å²) in [5.74, 6) is 0.199. The maximum atomic E-state index is 14.5. The van der Waals surface area contributed by atoms with E-state index in [0.717, 1.165) is 63.4 Å². The lowest BCUT2D eigenvalue weighted by atomic mass is 9.33. The average molecular weight is 515 g/mol. The molecule has 5 rings (SSSR count). The number of ketones is 1. The van der Waals surface area contributed by atoms with Crippen molar-refractivity contribution in [2.45, 2.75) is 132 Å². The predicted molar refractivity (Wildman–Crippen MR) is 144 cm³/mol. The highest BCUT2D eigenvalue weighted by molar-refractivity contribution is 5.96. The number of carbonyl (C=O) groups is 2. The zero-order valence-electron chi connectivity index (χ0n) is 24.8. The molecule has 8 unspecified atom stereocenters. The fraction of sp³-hybridized carbons (Fsp3) is 0.875. The molecule has 0 spiro atoms. The van der Waals surface area contributed by atoms with Crippen LogP contribution in [0.4, 0.5) is 0 Å². The van der Waals surface area contributed by atoms with Crippen LogP contribution < -0.4 is 0 Å². The van der Waals surface area contributed by atoms with E-state index in [0.29, 0.717) is 5.92 Å². The van der Waals surface area contributed by atoms with Gasteiger partial charge in [-0.2, -0.15) is 0 Å². The number of rotatable bonds is 2. The number of carbonyl (C=O) groups excluding carboxylic acids is 2. The number of esters is 1. The van der Waals surface area contributed by atoms with Crippen molar-refractivity contribution in [2.75, 3.05) is 0 Å². The number of ether oxygens (including phenoxy) is 1. The summed E-state index contributed by atoms with van der Waals surface area (Å²) in [6.45, 7) is 19.9. The lowest BCUT2D eigenvalue weighted by molar-refractivity contribution is -0.368. The zero-order chi connectivity index (χ0) is 27.4. The number of hydrogen-bond acceptors (Lipinski definition) is 5. The minimum Gasteiger partial charge on any atom is -0.462 e. The molecule has 5 heteroatoms. The molecular weight excluding hydrogens is 464 g/mol. The van der Waals surface area contributed by atoms with Gasteiger partial charge < -0.3 is 4.74 Å². The molecule has 0 bridgehead atoms. The van der Waals surface area contributed by atoms with Gasteiger partial charge in [-0.05, 0) is 97.0 Å². The Kier molecular flexibility index (Phi) is 5.87. The molecule has 0 aromatic heterocycles. The molecule has 1 N–H and O–H groups in total. The maximum absolute atomic E-state index is 14.5. The maximum Gasteiger partial charge on any atom is 0.302 e. The largest absolute Gasteiger partial charge is 0.462 e. The van der Waals surface area contributed by atoms with E-state index in [4.69, 9.17) is 9.62 Å². The monoisotopic (exact) mass is 514 g/mol. The number of allylic oxidation sites excluding steroid dienone is 1. The molecule has 0 aliphatic heterocycles. The van der Waals surface area contributed by atoms with Gasteiger partial charge in [0, 0.05) is 23.7 Å². The number of fused-ring (bicyclic) bond motifs is 7. The lowest BCUT2D eigenvalue weighted by Gasteiger charge is -2.72. The molecule has 208 valence electrons. The van der Waals surface area contributed by atoms with E-state index in [1.165, 1.54) is 6.92 Å². The second kappa shape index (κ2) is 7.93.